The number of rotatable bonds is 6. The predicted molar refractivity (Wildman–Crippen MR) is 104 cm³/mol. The van der Waals surface area contributed by atoms with Crippen LogP contribution >= 0.6 is 0 Å². The molecule has 0 aliphatic carbocycles. The number of hydrogen-bond acceptors (Lipinski definition) is 2. The maximum absolute atomic E-state index is 11.0. The van der Waals surface area contributed by atoms with Crippen molar-refractivity contribution in [3.8, 4) is 0 Å². The highest BCUT2D eigenvalue weighted by Gasteiger charge is 2.41. The van der Waals surface area contributed by atoms with Crippen molar-refractivity contribution >= 4 is 0 Å². The first-order chi connectivity index (χ1) is 12.2. The number of piperidine rings is 1. The van der Waals surface area contributed by atoms with Crippen LogP contribution in [0.25, 0.3) is 0 Å². The van der Waals surface area contributed by atoms with Gasteiger partial charge in [0.1, 0.15) is 0 Å². The van der Waals surface area contributed by atoms with E-state index in [4.69, 9.17) is 0 Å². The maximum atomic E-state index is 11.0. The molecule has 2 nitrogen and oxygen atoms in total. The number of likely N-dealkylation sites (tertiary alicyclic amines) is 1. The van der Waals surface area contributed by atoms with Gasteiger partial charge >= 0.3 is 0 Å². The lowest BCUT2D eigenvalue weighted by atomic mass is 9.76. The Hall–Kier alpha value is -1.64. The summed E-state index contributed by atoms with van der Waals surface area (Å²) in [6.45, 7) is 2.24. The SMILES string of the molecule is CCCCC[C@@H]1[C@@H](c2ccccc2)N(C)[C@H](c2ccccc2)C[C@@H]1O. The first-order valence-corrected chi connectivity index (χ1v) is 9.72. The summed E-state index contributed by atoms with van der Waals surface area (Å²) >= 11 is 0. The topological polar surface area (TPSA) is 23.5 Å². The number of aliphatic hydroxyl groups is 1. The quantitative estimate of drug-likeness (QED) is 0.717. The van der Waals surface area contributed by atoms with Crippen molar-refractivity contribution in [1.82, 2.24) is 4.90 Å². The van der Waals surface area contributed by atoms with Crippen molar-refractivity contribution in [3.63, 3.8) is 0 Å². The second-order valence-electron chi connectivity index (χ2n) is 7.41. The van der Waals surface area contributed by atoms with E-state index in [1.165, 1.54) is 30.4 Å². The summed E-state index contributed by atoms with van der Waals surface area (Å²) in [5.41, 5.74) is 2.63. The van der Waals surface area contributed by atoms with Gasteiger partial charge in [-0.1, -0.05) is 86.8 Å². The van der Waals surface area contributed by atoms with Crippen molar-refractivity contribution in [2.75, 3.05) is 7.05 Å². The van der Waals surface area contributed by atoms with Gasteiger partial charge < -0.3 is 5.11 Å². The number of hydrogen-bond donors (Lipinski definition) is 1. The molecule has 25 heavy (non-hydrogen) atoms. The zero-order valence-electron chi connectivity index (χ0n) is 15.5. The van der Waals surface area contributed by atoms with Crippen LogP contribution in [0, 0.1) is 5.92 Å². The fourth-order valence-electron chi connectivity index (χ4n) is 4.44. The summed E-state index contributed by atoms with van der Waals surface area (Å²) in [6, 6.07) is 21.9. The lowest BCUT2D eigenvalue weighted by Crippen LogP contribution is -2.45. The fraction of sp³-hybridized carbons (Fsp3) is 0.478. The second kappa shape index (κ2) is 8.64. The van der Waals surface area contributed by atoms with Gasteiger partial charge in [0.2, 0.25) is 0 Å². The van der Waals surface area contributed by atoms with Gasteiger partial charge in [-0.2, -0.15) is 0 Å². The minimum atomic E-state index is -0.247. The second-order valence-corrected chi connectivity index (χ2v) is 7.41. The third kappa shape index (κ3) is 4.13. The monoisotopic (exact) mass is 337 g/mol. The molecule has 1 heterocycles. The Morgan fingerprint density at radius 1 is 0.920 bits per heavy atom. The zero-order chi connectivity index (χ0) is 17.6. The standard InChI is InChI=1S/C23H31NO/c1-3-4-7-16-20-22(25)17-21(18-12-8-5-9-13-18)24(2)23(20)19-14-10-6-11-15-19/h5-6,8-15,20-23,25H,3-4,7,16-17H2,1-2H3/t20-,21-,22-,23+/m0/s1. The number of nitrogens with zero attached hydrogens (tertiary/aromatic N) is 1. The van der Waals surface area contributed by atoms with Crippen LogP contribution in [-0.4, -0.2) is 23.2 Å². The molecule has 4 atom stereocenters. The number of aliphatic hydroxyl groups excluding tert-OH is 1. The zero-order valence-corrected chi connectivity index (χ0v) is 15.5. The van der Waals surface area contributed by atoms with Crippen LogP contribution in [-0.2, 0) is 0 Å². The van der Waals surface area contributed by atoms with Crippen molar-refractivity contribution in [1.29, 1.82) is 0 Å². The predicted octanol–water partition coefficient (Wildman–Crippen LogP) is 5.36. The highest BCUT2D eigenvalue weighted by atomic mass is 16.3. The van der Waals surface area contributed by atoms with E-state index in [-0.39, 0.29) is 18.2 Å². The highest BCUT2D eigenvalue weighted by Crippen LogP contribution is 2.45. The number of unbranched alkanes of at least 4 members (excludes halogenated alkanes) is 2. The molecule has 2 aromatic rings. The summed E-state index contributed by atoms with van der Waals surface area (Å²) in [7, 11) is 2.23. The molecule has 1 saturated heterocycles. The molecule has 1 fully saturated rings. The molecule has 0 unspecified atom stereocenters. The molecule has 0 amide bonds. The molecule has 0 spiro atoms. The van der Waals surface area contributed by atoms with Crippen LogP contribution in [0.1, 0.15) is 62.2 Å². The largest absolute Gasteiger partial charge is 0.393 e. The van der Waals surface area contributed by atoms with Gasteiger partial charge in [0.25, 0.3) is 0 Å². The molecule has 3 rings (SSSR count). The van der Waals surface area contributed by atoms with Crippen molar-refractivity contribution in [3.05, 3.63) is 71.8 Å². The Kier molecular flexibility index (Phi) is 6.28. The average molecular weight is 338 g/mol. The molecule has 1 N–H and O–H groups in total. The Balaban J connectivity index is 1.90. The molecular weight excluding hydrogens is 306 g/mol. The van der Waals surface area contributed by atoms with E-state index in [1.807, 2.05) is 0 Å². The fourth-order valence-corrected chi connectivity index (χ4v) is 4.44. The van der Waals surface area contributed by atoms with Crippen molar-refractivity contribution < 1.29 is 5.11 Å². The normalized spacial score (nSPS) is 27.3. The van der Waals surface area contributed by atoms with Crippen LogP contribution in [0.15, 0.2) is 60.7 Å². The first-order valence-electron chi connectivity index (χ1n) is 9.72. The first kappa shape index (κ1) is 18.2. The van der Waals surface area contributed by atoms with Crippen LogP contribution in [0.3, 0.4) is 0 Å². The van der Waals surface area contributed by atoms with Gasteiger partial charge in [-0.05, 0) is 31.0 Å². The summed E-state index contributed by atoms with van der Waals surface area (Å²) in [4.78, 5) is 2.49. The van der Waals surface area contributed by atoms with Gasteiger partial charge in [0.05, 0.1) is 6.10 Å². The average Bonchev–Trinajstić information content (AvgIpc) is 2.66. The Morgan fingerprint density at radius 3 is 2.12 bits per heavy atom. The highest BCUT2D eigenvalue weighted by molar-refractivity contribution is 5.25. The molecule has 1 aliphatic heterocycles. The summed E-state index contributed by atoms with van der Waals surface area (Å²) in [5, 5.41) is 11.0. The number of benzene rings is 2. The van der Waals surface area contributed by atoms with E-state index in [0.717, 1.165) is 12.8 Å². The van der Waals surface area contributed by atoms with Crippen LogP contribution in [0.5, 0.6) is 0 Å². The van der Waals surface area contributed by atoms with Gasteiger partial charge in [-0.25, -0.2) is 0 Å². The van der Waals surface area contributed by atoms with Gasteiger partial charge in [0.15, 0.2) is 0 Å². The minimum Gasteiger partial charge on any atom is -0.393 e. The molecule has 134 valence electrons. The third-order valence-electron chi connectivity index (χ3n) is 5.76. The smallest absolute Gasteiger partial charge is 0.0604 e. The van der Waals surface area contributed by atoms with Gasteiger partial charge in [-0.3, -0.25) is 4.90 Å². The van der Waals surface area contributed by atoms with E-state index in [0.29, 0.717) is 5.92 Å². The molecule has 2 heteroatoms. The minimum absolute atomic E-state index is 0.247. The van der Waals surface area contributed by atoms with Crippen molar-refractivity contribution in [2.24, 2.45) is 5.92 Å². The van der Waals surface area contributed by atoms with E-state index in [2.05, 4.69) is 79.5 Å². The molecule has 0 aromatic heterocycles. The lowest BCUT2D eigenvalue weighted by Gasteiger charge is -2.47. The van der Waals surface area contributed by atoms with Crippen LogP contribution < -0.4 is 0 Å². The molecular formula is C23H31NO. The van der Waals surface area contributed by atoms with Crippen LogP contribution in [0.2, 0.25) is 0 Å². The Morgan fingerprint density at radius 2 is 1.52 bits per heavy atom. The Bertz CT molecular complexity index is 627. The molecule has 1 aliphatic rings. The summed E-state index contributed by atoms with van der Waals surface area (Å²) < 4.78 is 0. The van der Waals surface area contributed by atoms with Gasteiger partial charge in [0, 0.05) is 18.0 Å². The molecule has 0 saturated carbocycles. The van der Waals surface area contributed by atoms with Crippen molar-refractivity contribution in [2.45, 2.75) is 57.2 Å². The Labute approximate surface area is 152 Å². The van der Waals surface area contributed by atoms with Crippen LogP contribution in [0.4, 0.5) is 0 Å². The summed E-state index contributed by atoms with van der Waals surface area (Å²) in [5.74, 6) is 0.305. The molecule has 0 radical (unpaired) electrons. The molecule has 2 aromatic carbocycles. The van der Waals surface area contributed by atoms with E-state index in [9.17, 15) is 5.11 Å². The maximum Gasteiger partial charge on any atom is 0.0604 e. The summed E-state index contributed by atoms with van der Waals surface area (Å²) in [6.07, 6.45) is 5.34. The lowest BCUT2D eigenvalue weighted by molar-refractivity contribution is -0.0445. The third-order valence-corrected chi connectivity index (χ3v) is 5.76. The van der Waals surface area contributed by atoms with E-state index in [1.54, 1.807) is 0 Å². The van der Waals surface area contributed by atoms with E-state index >= 15 is 0 Å². The van der Waals surface area contributed by atoms with E-state index < -0.39 is 0 Å². The van der Waals surface area contributed by atoms with Gasteiger partial charge in [-0.15, -0.1) is 0 Å². The molecule has 0 bridgehead atoms.